The molecule has 0 bridgehead atoms. The molecular weight excluding hydrogens is 204 g/mol. The van der Waals surface area contributed by atoms with E-state index in [2.05, 4.69) is 6.92 Å². The molecule has 2 N–H and O–H groups in total. The first kappa shape index (κ1) is 13.4. The Kier molecular flexibility index (Phi) is 5.74. The molecule has 0 saturated heterocycles. The van der Waals surface area contributed by atoms with E-state index in [9.17, 15) is 5.11 Å². The number of aliphatic hydroxyl groups is 2. The number of ether oxygens (including phenoxy) is 1. The molecule has 0 spiro atoms. The van der Waals surface area contributed by atoms with Gasteiger partial charge in [-0.2, -0.15) is 0 Å². The molecule has 1 rings (SSSR count). The fraction of sp³-hybridized carbons (Fsp3) is 0.692. The summed E-state index contributed by atoms with van der Waals surface area (Å²) in [4.78, 5) is 0. The van der Waals surface area contributed by atoms with Crippen molar-refractivity contribution in [2.45, 2.75) is 31.8 Å². The van der Waals surface area contributed by atoms with E-state index in [0.717, 1.165) is 19.3 Å². The van der Waals surface area contributed by atoms with E-state index in [1.54, 1.807) is 0 Å². The summed E-state index contributed by atoms with van der Waals surface area (Å²) in [5.41, 5.74) is -0.825. The number of hydrogen-bond acceptors (Lipinski definition) is 3. The summed E-state index contributed by atoms with van der Waals surface area (Å²) in [6, 6.07) is 0. The van der Waals surface area contributed by atoms with E-state index in [0.29, 0.717) is 0 Å². The van der Waals surface area contributed by atoms with Gasteiger partial charge >= 0.3 is 0 Å². The Bertz CT molecular complexity index is 236. The molecule has 0 fully saturated rings. The lowest BCUT2D eigenvalue weighted by molar-refractivity contribution is -0.0736. The van der Waals surface area contributed by atoms with Gasteiger partial charge < -0.3 is 14.9 Å². The van der Waals surface area contributed by atoms with Crippen molar-refractivity contribution in [3.8, 4) is 0 Å². The average Bonchev–Trinajstić information content (AvgIpc) is 2.81. The molecule has 1 unspecified atom stereocenters. The molecular formula is C13H22O3. The topological polar surface area (TPSA) is 49.7 Å². The zero-order chi connectivity index (χ0) is 11.9. The molecule has 1 aliphatic rings. The Morgan fingerprint density at radius 1 is 1.31 bits per heavy atom. The zero-order valence-corrected chi connectivity index (χ0v) is 9.93. The Morgan fingerprint density at radius 3 is 2.56 bits per heavy atom. The molecule has 0 radical (unpaired) electrons. The van der Waals surface area contributed by atoms with Crippen LogP contribution in [0.15, 0.2) is 24.3 Å². The van der Waals surface area contributed by atoms with Crippen LogP contribution in [0.1, 0.15) is 26.2 Å². The van der Waals surface area contributed by atoms with Gasteiger partial charge in [0.2, 0.25) is 0 Å². The highest BCUT2D eigenvalue weighted by Crippen LogP contribution is 2.29. The third-order valence-corrected chi connectivity index (χ3v) is 2.92. The Hall–Kier alpha value is -0.640. The van der Waals surface area contributed by atoms with Gasteiger partial charge in [-0.15, -0.1) is 0 Å². The third-order valence-electron chi connectivity index (χ3n) is 2.92. The van der Waals surface area contributed by atoms with Crippen LogP contribution in [0.2, 0.25) is 0 Å². The van der Waals surface area contributed by atoms with Crippen LogP contribution >= 0.6 is 0 Å². The maximum atomic E-state index is 10.6. The summed E-state index contributed by atoms with van der Waals surface area (Å²) < 4.78 is 5.29. The SMILES string of the molecule is CCCCC(O)(COCCO)C1C=CC=C1. The molecule has 16 heavy (non-hydrogen) atoms. The molecule has 3 nitrogen and oxygen atoms in total. The average molecular weight is 226 g/mol. The summed E-state index contributed by atoms with van der Waals surface area (Å²) in [6.07, 6.45) is 10.7. The van der Waals surface area contributed by atoms with E-state index < -0.39 is 5.60 Å². The van der Waals surface area contributed by atoms with Crippen LogP contribution in [0, 0.1) is 5.92 Å². The van der Waals surface area contributed by atoms with Gasteiger partial charge in [-0.25, -0.2) is 0 Å². The smallest absolute Gasteiger partial charge is 0.0976 e. The minimum atomic E-state index is -0.825. The van der Waals surface area contributed by atoms with Crippen molar-refractivity contribution in [1.29, 1.82) is 0 Å². The van der Waals surface area contributed by atoms with E-state index >= 15 is 0 Å². The summed E-state index contributed by atoms with van der Waals surface area (Å²) in [7, 11) is 0. The van der Waals surface area contributed by atoms with Gasteiger partial charge in [-0.05, 0) is 6.42 Å². The second-order valence-electron chi connectivity index (χ2n) is 4.28. The number of allylic oxidation sites excluding steroid dienone is 2. The molecule has 1 atom stereocenters. The first-order chi connectivity index (χ1) is 7.73. The fourth-order valence-electron chi connectivity index (χ4n) is 1.92. The standard InChI is InChI=1S/C13H22O3/c1-2-3-8-13(15,11-16-10-9-14)12-6-4-5-7-12/h4-7,12,14-15H,2-3,8-11H2,1H3. The van der Waals surface area contributed by atoms with Crippen molar-refractivity contribution < 1.29 is 14.9 Å². The van der Waals surface area contributed by atoms with Crippen molar-refractivity contribution in [2.75, 3.05) is 19.8 Å². The van der Waals surface area contributed by atoms with Crippen LogP contribution < -0.4 is 0 Å². The minimum absolute atomic E-state index is 0.000201. The molecule has 0 amide bonds. The lowest BCUT2D eigenvalue weighted by Crippen LogP contribution is -2.41. The van der Waals surface area contributed by atoms with Gasteiger partial charge in [0, 0.05) is 5.92 Å². The van der Waals surface area contributed by atoms with Crippen molar-refractivity contribution in [3.05, 3.63) is 24.3 Å². The van der Waals surface area contributed by atoms with Gasteiger partial charge in [0.25, 0.3) is 0 Å². The zero-order valence-electron chi connectivity index (χ0n) is 9.93. The Balaban J connectivity index is 2.52. The van der Waals surface area contributed by atoms with Gasteiger partial charge in [0.05, 0.1) is 25.4 Å². The van der Waals surface area contributed by atoms with Gasteiger partial charge in [0.15, 0.2) is 0 Å². The number of aliphatic hydroxyl groups excluding tert-OH is 1. The Labute approximate surface area is 97.4 Å². The number of hydrogen-bond donors (Lipinski definition) is 2. The van der Waals surface area contributed by atoms with Crippen molar-refractivity contribution >= 4 is 0 Å². The highest BCUT2D eigenvalue weighted by molar-refractivity contribution is 5.22. The molecule has 92 valence electrons. The normalized spacial score (nSPS) is 19.2. The fourth-order valence-corrected chi connectivity index (χ4v) is 1.92. The first-order valence-corrected chi connectivity index (χ1v) is 5.99. The van der Waals surface area contributed by atoms with E-state index in [1.807, 2.05) is 24.3 Å². The molecule has 0 aliphatic heterocycles. The maximum Gasteiger partial charge on any atom is 0.0976 e. The number of unbranched alkanes of at least 4 members (excludes halogenated alkanes) is 1. The van der Waals surface area contributed by atoms with Gasteiger partial charge in [0.1, 0.15) is 0 Å². The molecule has 0 saturated carbocycles. The van der Waals surface area contributed by atoms with E-state index in [1.165, 1.54) is 0 Å². The second-order valence-corrected chi connectivity index (χ2v) is 4.28. The molecule has 3 heteroatoms. The van der Waals surface area contributed by atoms with Crippen LogP contribution in [0.4, 0.5) is 0 Å². The summed E-state index contributed by atoms with van der Waals surface area (Å²) in [5, 5.41) is 19.2. The van der Waals surface area contributed by atoms with Crippen LogP contribution in [-0.4, -0.2) is 35.6 Å². The van der Waals surface area contributed by atoms with Crippen molar-refractivity contribution in [1.82, 2.24) is 0 Å². The molecule has 1 aliphatic carbocycles. The van der Waals surface area contributed by atoms with Crippen LogP contribution in [0.3, 0.4) is 0 Å². The molecule has 0 aromatic heterocycles. The van der Waals surface area contributed by atoms with Crippen molar-refractivity contribution in [2.24, 2.45) is 5.92 Å². The van der Waals surface area contributed by atoms with E-state index in [-0.39, 0.29) is 25.7 Å². The summed E-state index contributed by atoms with van der Waals surface area (Å²) >= 11 is 0. The second kappa shape index (κ2) is 6.84. The molecule has 0 heterocycles. The highest BCUT2D eigenvalue weighted by atomic mass is 16.5. The van der Waals surface area contributed by atoms with E-state index in [4.69, 9.17) is 9.84 Å². The lowest BCUT2D eigenvalue weighted by Gasteiger charge is -2.32. The summed E-state index contributed by atoms with van der Waals surface area (Å²) in [5.74, 6) is 0.0396. The predicted molar refractivity (Wildman–Crippen MR) is 64.1 cm³/mol. The largest absolute Gasteiger partial charge is 0.394 e. The predicted octanol–water partition coefficient (Wildman–Crippen LogP) is 1.66. The third kappa shape index (κ3) is 3.74. The van der Waals surface area contributed by atoms with Crippen LogP contribution in [0.25, 0.3) is 0 Å². The maximum absolute atomic E-state index is 10.6. The Morgan fingerprint density at radius 2 is 2.00 bits per heavy atom. The quantitative estimate of drug-likeness (QED) is 0.619. The van der Waals surface area contributed by atoms with Crippen LogP contribution in [0.5, 0.6) is 0 Å². The first-order valence-electron chi connectivity index (χ1n) is 5.99. The van der Waals surface area contributed by atoms with Gasteiger partial charge in [-0.1, -0.05) is 44.1 Å². The van der Waals surface area contributed by atoms with Gasteiger partial charge in [-0.3, -0.25) is 0 Å². The molecule has 0 aromatic rings. The lowest BCUT2D eigenvalue weighted by atomic mass is 9.84. The summed E-state index contributed by atoms with van der Waals surface area (Å²) in [6.45, 7) is 2.68. The monoisotopic (exact) mass is 226 g/mol. The number of rotatable bonds is 8. The highest BCUT2D eigenvalue weighted by Gasteiger charge is 2.34. The minimum Gasteiger partial charge on any atom is -0.394 e. The van der Waals surface area contributed by atoms with Crippen LogP contribution in [-0.2, 0) is 4.74 Å². The van der Waals surface area contributed by atoms with Crippen molar-refractivity contribution in [3.63, 3.8) is 0 Å². The molecule has 0 aromatic carbocycles.